The van der Waals surface area contributed by atoms with E-state index in [2.05, 4.69) is 10.3 Å². The predicted molar refractivity (Wildman–Crippen MR) is 89.6 cm³/mol. The SMILES string of the molecule is CC(C)(C)OC(=O)N1CCN(C(=O)NCCCn2ccnc2)CC1. The van der Waals surface area contributed by atoms with E-state index < -0.39 is 5.60 Å². The van der Waals surface area contributed by atoms with Crippen molar-refractivity contribution in [2.75, 3.05) is 32.7 Å². The summed E-state index contributed by atoms with van der Waals surface area (Å²) in [6.45, 7) is 9.01. The molecule has 0 radical (unpaired) electrons. The van der Waals surface area contributed by atoms with Crippen molar-refractivity contribution < 1.29 is 14.3 Å². The van der Waals surface area contributed by atoms with Crippen LogP contribution < -0.4 is 5.32 Å². The molecule has 0 atom stereocenters. The van der Waals surface area contributed by atoms with Crippen LogP contribution in [0, 0.1) is 0 Å². The molecule has 2 heterocycles. The van der Waals surface area contributed by atoms with E-state index in [0.29, 0.717) is 32.7 Å². The summed E-state index contributed by atoms with van der Waals surface area (Å²) < 4.78 is 7.33. The zero-order valence-electron chi connectivity index (χ0n) is 14.7. The number of nitrogens with zero attached hydrogens (tertiary/aromatic N) is 4. The number of piperazine rings is 1. The number of hydrogen-bond acceptors (Lipinski definition) is 4. The highest BCUT2D eigenvalue weighted by Crippen LogP contribution is 2.11. The number of aromatic nitrogens is 2. The standard InChI is InChI=1S/C16H27N5O3/c1-16(2,3)24-15(23)21-11-9-20(10-12-21)14(22)18-5-4-7-19-8-6-17-13-19/h6,8,13H,4-5,7,9-12H2,1-3H3,(H,18,22). The normalized spacial score (nSPS) is 15.3. The van der Waals surface area contributed by atoms with Crippen molar-refractivity contribution in [3.05, 3.63) is 18.7 Å². The number of hydrogen-bond donors (Lipinski definition) is 1. The van der Waals surface area contributed by atoms with E-state index in [4.69, 9.17) is 4.74 Å². The Kier molecular flexibility index (Phi) is 6.05. The Labute approximate surface area is 142 Å². The van der Waals surface area contributed by atoms with Crippen LogP contribution in [0.3, 0.4) is 0 Å². The van der Waals surface area contributed by atoms with Crippen LogP contribution in [-0.4, -0.2) is 69.8 Å². The van der Waals surface area contributed by atoms with Crippen molar-refractivity contribution >= 4 is 12.1 Å². The molecule has 2 rings (SSSR count). The van der Waals surface area contributed by atoms with Crippen LogP contribution in [0.1, 0.15) is 27.2 Å². The first-order valence-corrected chi connectivity index (χ1v) is 8.31. The fourth-order valence-electron chi connectivity index (χ4n) is 2.41. The van der Waals surface area contributed by atoms with E-state index in [9.17, 15) is 9.59 Å². The third-order valence-corrected chi connectivity index (χ3v) is 3.65. The summed E-state index contributed by atoms with van der Waals surface area (Å²) >= 11 is 0. The highest BCUT2D eigenvalue weighted by molar-refractivity contribution is 5.75. The molecule has 0 unspecified atom stereocenters. The van der Waals surface area contributed by atoms with Crippen LogP contribution in [0.5, 0.6) is 0 Å². The Morgan fingerprint density at radius 2 is 1.83 bits per heavy atom. The van der Waals surface area contributed by atoms with Crippen molar-refractivity contribution in [2.45, 2.75) is 39.3 Å². The van der Waals surface area contributed by atoms with Crippen molar-refractivity contribution in [3.8, 4) is 0 Å². The van der Waals surface area contributed by atoms with Gasteiger partial charge >= 0.3 is 12.1 Å². The average molecular weight is 337 g/mol. The summed E-state index contributed by atoms with van der Waals surface area (Å²) in [5.74, 6) is 0. The molecule has 0 aromatic carbocycles. The topological polar surface area (TPSA) is 79.7 Å². The van der Waals surface area contributed by atoms with Crippen LogP contribution >= 0.6 is 0 Å². The zero-order valence-corrected chi connectivity index (χ0v) is 14.7. The van der Waals surface area contributed by atoms with Gasteiger partial charge in [-0.2, -0.15) is 0 Å². The molecule has 8 nitrogen and oxygen atoms in total. The van der Waals surface area contributed by atoms with Gasteiger partial charge in [-0.05, 0) is 27.2 Å². The molecule has 1 aromatic heterocycles. The van der Waals surface area contributed by atoms with Crippen molar-refractivity contribution in [3.63, 3.8) is 0 Å². The molecule has 1 aromatic rings. The minimum absolute atomic E-state index is 0.0792. The smallest absolute Gasteiger partial charge is 0.410 e. The van der Waals surface area contributed by atoms with E-state index in [0.717, 1.165) is 13.0 Å². The molecule has 0 bridgehead atoms. The third kappa shape index (κ3) is 5.75. The van der Waals surface area contributed by atoms with Crippen LogP contribution in [0.25, 0.3) is 0 Å². The maximum atomic E-state index is 12.1. The van der Waals surface area contributed by atoms with E-state index in [1.165, 1.54) is 0 Å². The van der Waals surface area contributed by atoms with Gasteiger partial charge in [-0.15, -0.1) is 0 Å². The van der Waals surface area contributed by atoms with E-state index in [1.54, 1.807) is 22.3 Å². The summed E-state index contributed by atoms with van der Waals surface area (Å²) in [5.41, 5.74) is -0.499. The number of nitrogens with one attached hydrogen (secondary N) is 1. The first kappa shape index (κ1) is 18.1. The highest BCUT2D eigenvalue weighted by Gasteiger charge is 2.27. The minimum Gasteiger partial charge on any atom is -0.444 e. The molecule has 134 valence electrons. The van der Waals surface area contributed by atoms with Gasteiger partial charge in [-0.1, -0.05) is 0 Å². The number of aryl methyl sites for hydroxylation is 1. The van der Waals surface area contributed by atoms with Gasteiger partial charge in [0.2, 0.25) is 0 Å². The van der Waals surface area contributed by atoms with Gasteiger partial charge in [0.25, 0.3) is 0 Å². The van der Waals surface area contributed by atoms with E-state index in [1.807, 2.05) is 31.5 Å². The van der Waals surface area contributed by atoms with E-state index in [-0.39, 0.29) is 12.1 Å². The first-order chi connectivity index (χ1) is 11.3. The largest absolute Gasteiger partial charge is 0.444 e. The van der Waals surface area contributed by atoms with Crippen LogP contribution in [0.2, 0.25) is 0 Å². The van der Waals surface area contributed by atoms with Gasteiger partial charge < -0.3 is 24.4 Å². The summed E-state index contributed by atoms with van der Waals surface area (Å²) in [4.78, 5) is 31.5. The maximum absolute atomic E-state index is 12.1. The van der Waals surface area contributed by atoms with Crippen molar-refractivity contribution in [1.82, 2.24) is 24.7 Å². The lowest BCUT2D eigenvalue weighted by Gasteiger charge is -2.35. The van der Waals surface area contributed by atoms with Gasteiger partial charge in [0.05, 0.1) is 6.33 Å². The Balaban J connectivity index is 1.64. The molecular weight excluding hydrogens is 310 g/mol. The number of rotatable bonds is 4. The molecule has 0 aliphatic carbocycles. The lowest BCUT2D eigenvalue weighted by molar-refractivity contribution is 0.0170. The fourth-order valence-corrected chi connectivity index (χ4v) is 2.41. The summed E-state index contributed by atoms with van der Waals surface area (Å²) in [5, 5.41) is 2.92. The second kappa shape index (κ2) is 8.03. The van der Waals surface area contributed by atoms with Crippen molar-refractivity contribution in [1.29, 1.82) is 0 Å². The Morgan fingerprint density at radius 1 is 1.17 bits per heavy atom. The Hall–Kier alpha value is -2.25. The second-order valence-corrected chi connectivity index (χ2v) is 6.84. The minimum atomic E-state index is -0.499. The zero-order chi connectivity index (χ0) is 17.6. The predicted octanol–water partition coefficient (Wildman–Crippen LogP) is 1.54. The van der Waals surface area contributed by atoms with Crippen LogP contribution in [0.15, 0.2) is 18.7 Å². The monoisotopic (exact) mass is 337 g/mol. The molecule has 1 aliphatic rings. The third-order valence-electron chi connectivity index (χ3n) is 3.65. The van der Waals surface area contributed by atoms with Gasteiger partial charge in [0, 0.05) is 51.7 Å². The van der Waals surface area contributed by atoms with Gasteiger partial charge in [-0.3, -0.25) is 0 Å². The molecule has 0 saturated carbocycles. The summed E-state index contributed by atoms with van der Waals surface area (Å²) in [7, 11) is 0. The van der Waals surface area contributed by atoms with Crippen molar-refractivity contribution in [2.24, 2.45) is 0 Å². The summed E-state index contributed by atoms with van der Waals surface area (Å²) in [6, 6.07) is -0.0792. The molecule has 1 N–H and O–H groups in total. The number of imidazole rings is 1. The first-order valence-electron chi connectivity index (χ1n) is 8.31. The molecular formula is C16H27N5O3. The van der Waals surface area contributed by atoms with Crippen LogP contribution in [0.4, 0.5) is 9.59 Å². The van der Waals surface area contributed by atoms with Gasteiger partial charge in [-0.25, -0.2) is 14.6 Å². The Morgan fingerprint density at radius 3 is 2.42 bits per heavy atom. The van der Waals surface area contributed by atoms with Crippen LogP contribution in [-0.2, 0) is 11.3 Å². The Bertz CT molecular complexity index is 530. The quantitative estimate of drug-likeness (QED) is 0.845. The van der Waals surface area contributed by atoms with Gasteiger partial charge in [0.1, 0.15) is 5.60 Å². The summed E-state index contributed by atoms with van der Waals surface area (Å²) in [6.07, 6.45) is 5.93. The number of amides is 3. The number of ether oxygens (including phenoxy) is 1. The number of carbonyl (C=O) groups excluding carboxylic acids is 2. The van der Waals surface area contributed by atoms with Gasteiger partial charge in [0.15, 0.2) is 0 Å². The highest BCUT2D eigenvalue weighted by atomic mass is 16.6. The molecule has 3 amide bonds. The number of urea groups is 1. The molecule has 0 spiro atoms. The molecule has 1 fully saturated rings. The second-order valence-electron chi connectivity index (χ2n) is 6.84. The van der Waals surface area contributed by atoms with E-state index >= 15 is 0 Å². The molecule has 24 heavy (non-hydrogen) atoms. The lowest BCUT2D eigenvalue weighted by Crippen LogP contribution is -2.54. The fraction of sp³-hybridized carbons (Fsp3) is 0.688. The molecule has 1 aliphatic heterocycles. The maximum Gasteiger partial charge on any atom is 0.410 e. The molecule has 8 heteroatoms. The molecule has 1 saturated heterocycles. The number of carbonyl (C=O) groups is 2. The average Bonchev–Trinajstić information content (AvgIpc) is 3.03. The lowest BCUT2D eigenvalue weighted by atomic mass is 10.2.